The number of urea groups is 1. The molecule has 2 fully saturated rings. The molecule has 0 aromatic rings. The summed E-state index contributed by atoms with van der Waals surface area (Å²) < 4.78 is 0. The van der Waals surface area contributed by atoms with E-state index in [2.05, 4.69) is 12.2 Å². The molecular formula is C9H14N2O2. The van der Waals surface area contributed by atoms with Gasteiger partial charge in [0.2, 0.25) is 0 Å². The van der Waals surface area contributed by atoms with Crippen LogP contribution < -0.4 is 5.32 Å². The van der Waals surface area contributed by atoms with Crippen molar-refractivity contribution in [2.24, 2.45) is 5.92 Å². The summed E-state index contributed by atoms with van der Waals surface area (Å²) in [6.07, 6.45) is 2.04. The van der Waals surface area contributed by atoms with Crippen LogP contribution in [0.15, 0.2) is 0 Å². The summed E-state index contributed by atoms with van der Waals surface area (Å²) in [6.45, 7) is 3.82. The van der Waals surface area contributed by atoms with E-state index < -0.39 is 0 Å². The van der Waals surface area contributed by atoms with Crippen molar-refractivity contribution in [1.29, 1.82) is 0 Å². The lowest BCUT2D eigenvalue weighted by Gasteiger charge is -2.11. The molecule has 1 aliphatic heterocycles. The van der Waals surface area contributed by atoms with E-state index in [1.165, 1.54) is 4.90 Å². The maximum Gasteiger partial charge on any atom is 0.325 e. The number of nitrogens with zero attached hydrogens (tertiary/aromatic N) is 1. The van der Waals surface area contributed by atoms with Gasteiger partial charge in [-0.2, -0.15) is 0 Å². The van der Waals surface area contributed by atoms with Gasteiger partial charge in [0.15, 0.2) is 0 Å². The first kappa shape index (κ1) is 8.53. The zero-order valence-electron chi connectivity index (χ0n) is 7.91. The van der Waals surface area contributed by atoms with Gasteiger partial charge in [-0.15, -0.1) is 0 Å². The first-order valence-corrected chi connectivity index (χ1v) is 4.78. The van der Waals surface area contributed by atoms with Crippen LogP contribution in [-0.4, -0.2) is 28.9 Å². The molecule has 0 aromatic carbocycles. The van der Waals surface area contributed by atoms with E-state index in [-0.39, 0.29) is 24.0 Å². The lowest BCUT2D eigenvalue weighted by molar-refractivity contribution is -0.127. The Kier molecular flexibility index (Phi) is 1.78. The highest BCUT2D eigenvalue weighted by Gasteiger charge is 2.49. The molecule has 4 heteroatoms. The fourth-order valence-corrected chi connectivity index (χ4v) is 1.93. The van der Waals surface area contributed by atoms with Gasteiger partial charge in [0, 0.05) is 6.04 Å². The smallest absolute Gasteiger partial charge is 0.325 e. The third-order valence-corrected chi connectivity index (χ3v) is 2.91. The molecule has 2 aliphatic rings. The predicted octanol–water partition coefficient (Wildman–Crippen LogP) is 0.725. The van der Waals surface area contributed by atoms with Crippen LogP contribution in [0, 0.1) is 5.92 Å². The highest BCUT2D eigenvalue weighted by atomic mass is 16.2. The van der Waals surface area contributed by atoms with Crippen LogP contribution in [-0.2, 0) is 4.79 Å². The van der Waals surface area contributed by atoms with Crippen LogP contribution in [0.1, 0.15) is 26.7 Å². The first-order valence-electron chi connectivity index (χ1n) is 4.78. The number of rotatable bonds is 2. The minimum absolute atomic E-state index is 0.0639. The zero-order valence-corrected chi connectivity index (χ0v) is 7.91. The molecule has 0 spiro atoms. The molecule has 3 amide bonds. The summed E-state index contributed by atoms with van der Waals surface area (Å²) in [4.78, 5) is 24.2. The first-order chi connectivity index (χ1) is 6.15. The average Bonchev–Trinajstić information content (AvgIpc) is 2.79. The van der Waals surface area contributed by atoms with E-state index in [4.69, 9.17) is 0 Å². The molecule has 1 N–H and O–H groups in total. The Morgan fingerprint density at radius 2 is 2.23 bits per heavy atom. The van der Waals surface area contributed by atoms with Crippen molar-refractivity contribution in [1.82, 2.24) is 10.2 Å². The van der Waals surface area contributed by atoms with Gasteiger partial charge in [-0.1, -0.05) is 13.3 Å². The average molecular weight is 182 g/mol. The second-order valence-corrected chi connectivity index (χ2v) is 3.85. The van der Waals surface area contributed by atoms with Gasteiger partial charge in [-0.3, -0.25) is 9.69 Å². The molecule has 1 saturated carbocycles. The van der Waals surface area contributed by atoms with Crippen molar-refractivity contribution >= 4 is 11.9 Å². The summed E-state index contributed by atoms with van der Waals surface area (Å²) in [6, 6.07) is -0.355. The Bertz CT molecular complexity index is 264. The molecule has 72 valence electrons. The Morgan fingerprint density at radius 1 is 1.54 bits per heavy atom. The minimum atomic E-state index is -0.328. The van der Waals surface area contributed by atoms with Crippen LogP contribution in [0.5, 0.6) is 0 Å². The van der Waals surface area contributed by atoms with Gasteiger partial charge in [-0.05, 0) is 19.3 Å². The molecule has 0 radical (unpaired) electrons. The van der Waals surface area contributed by atoms with Crippen molar-refractivity contribution in [2.45, 2.75) is 38.8 Å². The molecule has 2 rings (SSSR count). The largest absolute Gasteiger partial charge is 0.326 e. The molecule has 3 atom stereocenters. The fraction of sp³-hybridized carbons (Fsp3) is 0.778. The van der Waals surface area contributed by atoms with Crippen LogP contribution in [0.4, 0.5) is 4.79 Å². The summed E-state index contributed by atoms with van der Waals surface area (Å²) >= 11 is 0. The van der Waals surface area contributed by atoms with E-state index >= 15 is 0 Å². The number of carbonyl (C=O) groups excluding carboxylic acids is 2. The van der Waals surface area contributed by atoms with Crippen LogP contribution in [0.3, 0.4) is 0 Å². The van der Waals surface area contributed by atoms with Gasteiger partial charge in [0.1, 0.15) is 6.04 Å². The third-order valence-electron chi connectivity index (χ3n) is 2.91. The molecule has 0 bridgehead atoms. The molecule has 1 heterocycles. The maximum absolute atomic E-state index is 11.5. The SMILES string of the molecule is CC[C@@H]1C[C@H]1N1C(=O)N[C@H](C)C1=O. The lowest BCUT2D eigenvalue weighted by Crippen LogP contribution is -2.34. The quantitative estimate of drug-likeness (QED) is 0.640. The second kappa shape index (κ2) is 2.72. The highest BCUT2D eigenvalue weighted by Crippen LogP contribution is 2.39. The van der Waals surface area contributed by atoms with E-state index in [0.717, 1.165) is 12.8 Å². The maximum atomic E-state index is 11.5. The second-order valence-electron chi connectivity index (χ2n) is 3.85. The fourth-order valence-electron chi connectivity index (χ4n) is 1.93. The molecule has 1 saturated heterocycles. The Hall–Kier alpha value is -1.06. The molecule has 0 aromatic heterocycles. The number of imide groups is 1. The number of hydrogen-bond acceptors (Lipinski definition) is 2. The molecular weight excluding hydrogens is 168 g/mol. The number of nitrogens with one attached hydrogen (secondary N) is 1. The topological polar surface area (TPSA) is 49.4 Å². The van der Waals surface area contributed by atoms with Crippen LogP contribution in [0.25, 0.3) is 0 Å². The van der Waals surface area contributed by atoms with Crippen molar-refractivity contribution < 1.29 is 9.59 Å². The van der Waals surface area contributed by atoms with Crippen LogP contribution >= 0.6 is 0 Å². The van der Waals surface area contributed by atoms with Gasteiger partial charge in [0.05, 0.1) is 0 Å². The van der Waals surface area contributed by atoms with E-state index in [1.54, 1.807) is 6.92 Å². The van der Waals surface area contributed by atoms with E-state index in [0.29, 0.717) is 5.92 Å². The van der Waals surface area contributed by atoms with Gasteiger partial charge < -0.3 is 5.32 Å². The van der Waals surface area contributed by atoms with E-state index in [1.807, 2.05) is 0 Å². The van der Waals surface area contributed by atoms with Crippen LogP contribution in [0.2, 0.25) is 0 Å². The summed E-state index contributed by atoms with van der Waals surface area (Å²) in [5.74, 6) is 0.478. The van der Waals surface area contributed by atoms with Gasteiger partial charge in [-0.25, -0.2) is 4.79 Å². The summed E-state index contributed by atoms with van der Waals surface area (Å²) in [5.41, 5.74) is 0. The molecule has 13 heavy (non-hydrogen) atoms. The Morgan fingerprint density at radius 3 is 2.62 bits per heavy atom. The number of hydrogen-bond donors (Lipinski definition) is 1. The number of amides is 3. The summed E-state index contributed by atoms with van der Waals surface area (Å²) in [7, 11) is 0. The van der Waals surface area contributed by atoms with Crippen molar-refractivity contribution in [2.75, 3.05) is 0 Å². The van der Waals surface area contributed by atoms with E-state index in [9.17, 15) is 9.59 Å². The normalized spacial score (nSPS) is 38.0. The standard InChI is InChI=1S/C9H14N2O2/c1-3-6-4-7(6)11-8(12)5(2)10-9(11)13/h5-7H,3-4H2,1-2H3,(H,10,13)/t5-,6-,7-/m1/s1. The van der Waals surface area contributed by atoms with Crippen molar-refractivity contribution in [3.63, 3.8) is 0 Å². The minimum Gasteiger partial charge on any atom is -0.326 e. The molecule has 0 unspecified atom stereocenters. The van der Waals surface area contributed by atoms with Crippen molar-refractivity contribution in [3.8, 4) is 0 Å². The molecule has 4 nitrogen and oxygen atoms in total. The Balaban J connectivity index is 2.07. The van der Waals surface area contributed by atoms with Crippen molar-refractivity contribution in [3.05, 3.63) is 0 Å². The highest BCUT2D eigenvalue weighted by molar-refractivity contribution is 6.04. The number of carbonyl (C=O) groups is 2. The third kappa shape index (κ3) is 1.20. The monoisotopic (exact) mass is 182 g/mol. The Labute approximate surface area is 77.3 Å². The molecule has 1 aliphatic carbocycles. The predicted molar refractivity (Wildman–Crippen MR) is 47.0 cm³/mol. The lowest BCUT2D eigenvalue weighted by atomic mass is 10.3. The summed E-state index contributed by atoms with van der Waals surface area (Å²) in [5, 5.41) is 2.62. The van der Waals surface area contributed by atoms with Gasteiger partial charge >= 0.3 is 6.03 Å². The van der Waals surface area contributed by atoms with Gasteiger partial charge in [0.25, 0.3) is 5.91 Å². The zero-order chi connectivity index (χ0) is 9.59.